The van der Waals surface area contributed by atoms with Gasteiger partial charge in [0.2, 0.25) is 0 Å². The van der Waals surface area contributed by atoms with E-state index in [2.05, 4.69) is 48.4 Å². The lowest BCUT2D eigenvalue weighted by atomic mass is 10.2. The molecule has 0 amide bonds. The van der Waals surface area contributed by atoms with Gasteiger partial charge in [-0.15, -0.1) is 0 Å². The first kappa shape index (κ1) is 9.28. The summed E-state index contributed by atoms with van der Waals surface area (Å²) in [6, 6.07) is 9.07. The van der Waals surface area contributed by atoms with Crippen LogP contribution in [-0.2, 0) is 0 Å². The SMILES string of the molecule is CNC(C)c1cc2ccc(C)cc2[nH]1. The van der Waals surface area contributed by atoms with Crippen molar-refractivity contribution in [1.29, 1.82) is 0 Å². The maximum Gasteiger partial charge on any atom is 0.0459 e. The van der Waals surface area contributed by atoms with Crippen LogP contribution >= 0.6 is 0 Å². The topological polar surface area (TPSA) is 27.8 Å². The molecule has 0 saturated carbocycles. The molecular formula is C12H16N2. The lowest BCUT2D eigenvalue weighted by molar-refractivity contribution is 0.638. The zero-order chi connectivity index (χ0) is 10.1. The molecule has 2 N–H and O–H groups in total. The number of benzene rings is 1. The fraction of sp³-hybridized carbons (Fsp3) is 0.333. The van der Waals surface area contributed by atoms with Gasteiger partial charge in [0.15, 0.2) is 0 Å². The van der Waals surface area contributed by atoms with Crippen LogP contribution in [0.1, 0.15) is 24.2 Å². The summed E-state index contributed by atoms with van der Waals surface area (Å²) in [5, 5.41) is 4.51. The molecule has 74 valence electrons. The quantitative estimate of drug-likeness (QED) is 0.745. The van der Waals surface area contributed by atoms with Crippen molar-refractivity contribution in [1.82, 2.24) is 10.3 Å². The molecule has 0 aliphatic rings. The highest BCUT2D eigenvalue weighted by Crippen LogP contribution is 2.20. The van der Waals surface area contributed by atoms with E-state index in [1.807, 2.05) is 7.05 Å². The lowest BCUT2D eigenvalue weighted by Gasteiger charge is -2.06. The zero-order valence-electron chi connectivity index (χ0n) is 8.89. The number of aryl methyl sites for hydroxylation is 1. The van der Waals surface area contributed by atoms with E-state index in [1.54, 1.807) is 0 Å². The highest BCUT2D eigenvalue weighted by Gasteiger charge is 2.05. The minimum atomic E-state index is 0.378. The van der Waals surface area contributed by atoms with Gasteiger partial charge in [0.05, 0.1) is 0 Å². The van der Waals surface area contributed by atoms with E-state index in [4.69, 9.17) is 0 Å². The number of nitrogens with one attached hydrogen (secondary N) is 2. The van der Waals surface area contributed by atoms with Crippen LogP contribution in [0.15, 0.2) is 24.3 Å². The van der Waals surface area contributed by atoms with Gasteiger partial charge in [0.1, 0.15) is 0 Å². The van der Waals surface area contributed by atoms with E-state index in [0.717, 1.165) is 0 Å². The zero-order valence-corrected chi connectivity index (χ0v) is 8.89. The van der Waals surface area contributed by atoms with Gasteiger partial charge in [-0.05, 0) is 44.0 Å². The van der Waals surface area contributed by atoms with Crippen LogP contribution in [0.3, 0.4) is 0 Å². The number of fused-ring (bicyclic) bond motifs is 1. The number of aromatic nitrogens is 1. The van der Waals surface area contributed by atoms with E-state index in [1.165, 1.54) is 22.2 Å². The Bertz CT molecular complexity index is 443. The lowest BCUT2D eigenvalue weighted by Crippen LogP contribution is -2.12. The van der Waals surface area contributed by atoms with Gasteiger partial charge in [-0.25, -0.2) is 0 Å². The molecule has 1 aromatic heterocycles. The number of aromatic amines is 1. The summed E-state index contributed by atoms with van der Waals surface area (Å²) >= 11 is 0. The van der Waals surface area contributed by atoms with Gasteiger partial charge in [-0.1, -0.05) is 12.1 Å². The molecule has 0 aliphatic carbocycles. The van der Waals surface area contributed by atoms with E-state index in [-0.39, 0.29) is 0 Å². The van der Waals surface area contributed by atoms with E-state index < -0.39 is 0 Å². The minimum absolute atomic E-state index is 0.378. The third kappa shape index (κ3) is 1.53. The van der Waals surface area contributed by atoms with E-state index in [9.17, 15) is 0 Å². The second-order valence-electron chi connectivity index (χ2n) is 3.83. The Hall–Kier alpha value is -1.28. The van der Waals surface area contributed by atoms with Gasteiger partial charge in [-0.2, -0.15) is 0 Å². The molecule has 2 nitrogen and oxygen atoms in total. The Balaban J connectivity index is 2.51. The Morgan fingerprint density at radius 2 is 2.07 bits per heavy atom. The number of hydrogen-bond acceptors (Lipinski definition) is 1. The maximum atomic E-state index is 3.42. The smallest absolute Gasteiger partial charge is 0.0459 e. The predicted molar refractivity (Wildman–Crippen MR) is 60.5 cm³/mol. The van der Waals surface area contributed by atoms with Crippen molar-refractivity contribution in [3.63, 3.8) is 0 Å². The van der Waals surface area contributed by atoms with Crippen molar-refractivity contribution in [3.05, 3.63) is 35.5 Å². The van der Waals surface area contributed by atoms with Crippen LogP contribution in [0.2, 0.25) is 0 Å². The Labute approximate surface area is 84.3 Å². The molecule has 14 heavy (non-hydrogen) atoms. The highest BCUT2D eigenvalue weighted by atomic mass is 14.9. The van der Waals surface area contributed by atoms with Crippen LogP contribution in [0, 0.1) is 6.92 Å². The molecule has 0 bridgehead atoms. The molecule has 0 saturated heterocycles. The fourth-order valence-electron chi connectivity index (χ4n) is 1.65. The summed E-state index contributed by atoms with van der Waals surface area (Å²) in [6.45, 7) is 4.26. The Morgan fingerprint density at radius 1 is 1.29 bits per heavy atom. The average molecular weight is 188 g/mol. The molecule has 1 heterocycles. The number of rotatable bonds is 2. The Kier molecular flexibility index (Phi) is 2.30. The molecule has 1 aromatic carbocycles. The molecule has 2 rings (SSSR count). The van der Waals surface area contributed by atoms with Crippen LogP contribution in [0.4, 0.5) is 0 Å². The van der Waals surface area contributed by atoms with Gasteiger partial charge >= 0.3 is 0 Å². The molecule has 1 unspecified atom stereocenters. The van der Waals surface area contributed by atoms with Crippen molar-refractivity contribution >= 4 is 10.9 Å². The summed E-state index contributed by atoms with van der Waals surface area (Å²) in [5.41, 5.74) is 3.76. The van der Waals surface area contributed by atoms with Crippen molar-refractivity contribution < 1.29 is 0 Å². The third-order valence-corrected chi connectivity index (χ3v) is 2.70. The fourth-order valence-corrected chi connectivity index (χ4v) is 1.65. The first-order valence-corrected chi connectivity index (χ1v) is 4.97. The molecule has 0 radical (unpaired) electrons. The Morgan fingerprint density at radius 3 is 2.79 bits per heavy atom. The molecule has 2 heteroatoms. The number of hydrogen-bond donors (Lipinski definition) is 2. The molecule has 0 spiro atoms. The van der Waals surface area contributed by atoms with Crippen molar-refractivity contribution in [2.45, 2.75) is 19.9 Å². The largest absolute Gasteiger partial charge is 0.357 e. The van der Waals surface area contributed by atoms with E-state index >= 15 is 0 Å². The third-order valence-electron chi connectivity index (χ3n) is 2.70. The standard InChI is InChI=1S/C12H16N2/c1-8-4-5-10-7-11(9(2)13-3)14-12(10)6-8/h4-7,9,13-14H,1-3H3. The van der Waals surface area contributed by atoms with Gasteiger partial charge in [0, 0.05) is 17.3 Å². The monoisotopic (exact) mass is 188 g/mol. The summed E-state index contributed by atoms with van der Waals surface area (Å²) in [4.78, 5) is 3.42. The first-order valence-electron chi connectivity index (χ1n) is 4.97. The molecule has 0 fully saturated rings. The molecule has 2 aromatic rings. The minimum Gasteiger partial charge on any atom is -0.357 e. The van der Waals surface area contributed by atoms with Crippen molar-refractivity contribution in [3.8, 4) is 0 Å². The summed E-state index contributed by atoms with van der Waals surface area (Å²) in [7, 11) is 1.97. The van der Waals surface area contributed by atoms with Crippen molar-refractivity contribution in [2.24, 2.45) is 0 Å². The van der Waals surface area contributed by atoms with E-state index in [0.29, 0.717) is 6.04 Å². The molecule has 1 atom stereocenters. The van der Waals surface area contributed by atoms with Gasteiger partial charge in [-0.3, -0.25) is 0 Å². The van der Waals surface area contributed by atoms with Gasteiger partial charge < -0.3 is 10.3 Å². The molecular weight excluding hydrogens is 172 g/mol. The van der Waals surface area contributed by atoms with Gasteiger partial charge in [0.25, 0.3) is 0 Å². The predicted octanol–water partition coefficient (Wildman–Crippen LogP) is 2.76. The normalized spacial score (nSPS) is 13.4. The highest BCUT2D eigenvalue weighted by molar-refractivity contribution is 5.81. The maximum absolute atomic E-state index is 3.42. The second kappa shape index (κ2) is 3.46. The van der Waals surface area contributed by atoms with Crippen LogP contribution < -0.4 is 5.32 Å². The van der Waals surface area contributed by atoms with Crippen LogP contribution in [0.5, 0.6) is 0 Å². The molecule has 0 aliphatic heterocycles. The second-order valence-corrected chi connectivity index (χ2v) is 3.83. The average Bonchev–Trinajstić information content (AvgIpc) is 2.59. The summed E-state index contributed by atoms with van der Waals surface area (Å²) in [6.07, 6.45) is 0. The first-order chi connectivity index (χ1) is 6.70. The summed E-state index contributed by atoms with van der Waals surface area (Å²) < 4.78 is 0. The van der Waals surface area contributed by atoms with Crippen LogP contribution in [0.25, 0.3) is 10.9 Å². The van der Waals surface area contributed by atoms with Crippen LogP contribution in [-0.4, -0.2) is 12.0 Å². The van der Waals surface area contributed by atoms with Crippen molar-refractivity contribution in [2.75, 3.05) is 7.05 Å². The summed E-state index contributed by atoms with van der Waals surface area (Å²) in [5.74, 6) is 0. The number of H-pyrrole nitrogens is 1.